The second-order valence-electron chi connectivity index (χ2n) is 4.67. The second kappa shape index (κ2) is 3.11. The third-order valence-corrected chi connectivity index (χ3v) is 3.56. The molecule has 0 amide bonds. The van der Waals surface area contributed by atoms with Gasteiger partial charge in [0.25, 0.3) is 0 Å². The van der Waals surface area contributed by atoms with Gasteiger partial charge in [0, 0.05) is 24.8 Å². The zero-order valence-corrected chi connectivity index (χ0v) is 8.98. The summed E-state index contributed by atoms with van der Waals surface area (Å²) in [5.41, 5.74) is 8.58. The summed E-state index contributed by atoms with van der Waals surface area (Å²) in [6.07, 6.45) is 4.41. The molecule has 2 aromatic rings. The van der Waals surface area contributed by atoms with Crippen LogP contribution in [0.1, 0.15) is 24.3 Å². The number of rotatable bonds is 1. The third kappa shape index (κ3) is 1.37. The molecule has 1 aliphatic rings. The minimum atomic E-state index is 0.432. The molecule has 0 radical (unpaired) electrons. The molecule has 0 atom stereocenters. The number of nitrogens with two attached hydrogens (primary N) is 1. The van der Waals surface area contributed by atoms with E-state index in [4.69, 9.17) is 5.73 Å². The molecular formula is C13H16N2. The summed E-state index contributed by atoms with van der Waals surface area (Å²) in [7, 11) is 2.08. The Hall–Kier alpha value is -1.28. The molecule has 1 saturated carbocycles. The van der Waals surface area contributed by atoms with Crippen molar-refractivity contribution in [3.8, 4) is 0 Å². The molecule has 0 bridgehead atoms. The number of aryl methyl sites for hydroxylation is 1. The highest BCUT2D eigenvalue weighted by Gasteiger charge is 2.27. The summed E-state index contributed by atoms with van der Waals surface area (Å²) in [6.45, 7) is 0. The fourth-order valence-electron chi connectivity index (χ4n) is 2.49. The van der Waals surface area contributed by atoms with E-state index < -0.39 is 0 Å². The van der Waals surface area contributed by atoms with E-state index in [0.717, 1.165) is 12.8 Å². The van der Waals surface area contributed by atoms with E-state index in [1.54, 1.807) is 0 Å². The summed E-state index contributed by atoms with van der Waals surface area (Å²) in [4.78, 5) is 0. The normalized spacial score (nSPS) is 25.5. The first kappa shape index (κ1) is 8.98. The standard InChI is InChI=1S/C13H16N2/c1-15-5-4-10-6-9(2-3-13(10)15)11-7-12(14)8-11/h2-6,11-12H,7-8,14H2,1H3. The molecule has 0 aliphatic heterocycles. The van der Waals surface area contributed by atoms with Crippen LogP contribution in [0.15, 0.2) is 30.5 Å². The lowest BCUT2D eigenvalue weighted by Crippen LogP contribution is -2.34. The van der Waals surface area contributed by atoms with Gasteiger partial charge in [0.1, 0.15) is 0 Å². The predicted molar refractivity (Wildman–Crippen MR) is 62.9 cm³/mol. The number of benzene rings is 1. The van der Waals surface area contributed by atoms with Crippen LogP contribution in [0.3, 0.4) is 0 Å². The van der Waals surface area contributed by atoms with Crippen LogP contribution in [0.2, 0.25) is 0 Å². The molecule has 1 aromatic heterocycles. The zero-order valence-electron chi connectivity index (χ0n) is 8.98. The Morgan fingerprint density at radius 2 is 2.07 bits per heavy atom. The van der Waals surface area contributed by atoms with Gasteiger partial charge in [0.05, 0.1) is 0 Å². The van der Waals surface area contributed by atoms with Crippen molar-refractivity contribution in [2.75, 3.05) is 0 Å². The average molecular weight is 200 g/mol. The van der Waals surface area contributed by atoms with Crippen molar-refractivity contribution in [1.29, 1.82) is 0 Å². The van der Waals surface area contributed by atoms with Gasteiger partial charge < -0.3 is 10.3 Å². The topological polar surface area (TPSA) is 30.9 Å². The van der Waals surface area contributed by atoms with Gasteiger partial charge in [0.15, 0.2) is 0 Å². The lowest BCUT2D eigenvalue weighted by Gasteiger charge is -2.32. The molecule has 1 heterocycles. The number of hydrogen-bond donors (Lipinski definition) is 1. The molecule has 1 aromatic carbocycles. The monoisotopic (exact) mass is 200 g/mol. The van der Waals surface area contributed by atoms with Gasteiger partial charge >= 0.3 is 0 Å². The maximum absolute atomic E-state index is 5.82. The zero-order chi connectivity index (χ0) is 10.4. The highest BCUT2D eigenvalue weighted by molar-refractivity contribution is 5.80. The van der Waals surface area contributed by atoms with Crippen LogP contribution in [0.25, 0.3) is 10.9 Å². The first-order valence-corrected chi connectivity index (χ1v) is 5.54. The number of hydrogen-bond acceptors (Lipinski definition) is 1. The molecular weight excluding hydrogens is 184 g/mol. The molecule has 0 saturated heterocycles. The molecule has 78 valence electrons. The molecule has 2 nitrogen and oxygen atoms in total. The van der Waals surface area contributed by atoms with Crippen molar-refractivity contribution in [3.05, 3.63) is 36.0 Å². The Bertz CT molecular complexity index is 492. The highest BCUT2D eigenvalue weighted by Crippen LogP contribution is 2.36. The van der Waals surface area contributed by atoms with Crippen LogP contribution in [-0.2, 0) is 7.05 Å². The van der Waals surface area contributed by atoms with Crippen LogP contribution in [0.5, 0.6) is 0 Å². The predicted octanol–water partition coefficient (Wildman–Crippen LogP) is 2.38. The smallest absolute Gasteiger partial charge is 0.0477 e. The van der Waals surface area contributed by atoms with Gasteiger partial charge in [-0.2, -0.15) is 0 Å². The van der Waals surface area contributed by atoms with Gasteiger partial charge in [-0.3, -0.25) is 0 Å². The van der Waals surface area contributed by atoms with Crippen molar-refractivity contribution in [2.24, 2.45) is 12.8 Å². The van der Waals surface area contributed by atoms with Crippen molar-refractivity contribution >= 4 is 10.9 Å². The van der Waals surface area contributed by atoms with E-state index in [1.165, 1.54) is 16.5 Å². The van der Waals surface area contributed by atoms with Crippen molar-refractivity contribution in [2.45, 2.75) is 24.8 Å². The summed E-state index contributed by atoms with van der Waals surface area (Å²) in [6, 6.07) is 9.39. The van der Waals surface area contributed by atoms with E-state index in [9.17, 15) is 0 Å². The summed E-state index contributed by atoms with van der Waals surface area (Å²) >= 11 is 0. The molecule has 15 heavy (non-hydrogen) atoms. The Kier molecular flexibility index (Phi) is 1.86. The molecule has 2 N–H and O–H groups in total. The van der Waals surface area contributed by atoms with Crippen molar-refractivity contribution in [1.82, 2.24) is 4.57 Å². The van der Waals surface area contributed by atoms with Gasteiger partial charge in [-0.15, -0.1) is 0 Å². The first-order valence-electron chi connectivity index (χ1n) is 5.54. The first-order chi connectivity index (χ1) is 7.24. The largest absolute Gasteiger partial charge is 0.351 e. The fraction of sp³-hybridized carbons (Fsp3) is 0.385. The summed E-state index contributed by atoms with van der Waals surface area (Å²) < 4.78 is 2.16. The minimum absolute atomic E-state index is 0.432. The SMILES string of the molecule is Cn1ccc2cc(C3CC(N)C3)ccc21. The van der Waals surface area contributed by atoms with E-state index in [1.807, 2.05) is 0 Å². The van der Waals surface area contributed by atoms with Crippen LogP contribution in [0.4, 0.5) is 0 Å². The number of nitrogens with zero attached hydrogens (tertiary/aromatic N) is 1. The Morgan fingerprint density at radius 1 is 1.27 bits per heavy atom. The van der Waals surface area contributed by atoms with Gasteiger partial charge in [-0.1, -0.05) is 6.07 Å². The Balaban J connectivity index is 2.00. The lowest BCUT2D eigenvalue weighted by molar-refractivity contribution is 0.352. The number of fused-ring (bicyclic) bond motifs is 1. The van der Waals surface area contributed by atoms with E-state index in [2.05, 4.69) is 42.1 Å². The molecule has 3 rings (SSSR count). The summed E-state index contributed by atoms with van der Waals surface area (Å²) in [5.74, 6) is 0.699. The lowest BCUT2D eigenvalue weighted by atomic mass is 9.76. The third-order valence-electron chi connectivity index (χ3n) is 3.56. The van der Waals surface area contributed by atoms with Crippen molar-refractivity contribution in [3.63, 3.8) is 0 Å². The molecule has 0 unspecified atom stereocenters. The second-order valence-corrected chi connectivity index (χ2v) is 4.67. The van der Waals surface area contributed by atoms with Crippen LogP contribution < -0.4 is 5.73 Å². The van der Waals surface area contributed by atoms with E-state index in [-0.39, 0.29) is 0 Å². The fourth-order valence-corrected chi connectivity index (χ4v) is 2.49. The maximum atomic E-state index is 5.82. The average Bonchev–Trinajstić information content (AvgIpc) is 2.55. The van der Waals surface area contributed by atoms with Gasteiger partial charge in [-0.05, 0) is 47.9 Å². The van der Waals surface area contributed by atoms with Gasteiger partial charge in [-0.25, -0.2) is 0 Å². The highest BCUT2D eigenvalue weighted by atomic mass is 14.9. The molecule has 1 aliphatic carbocycles. The Morgan fingerprint density at radius 3 is 2.80 bits per heavy atom. The minimum Gasteiger partial charge on any atom is -0.351 e. The van der Waals surface area contributed by atoms with Crippen LogP contribution >= 0.6 is 0 Å². The van der Waals surface area contributed by atoms with Crippen LogP contribution in [-0.4, -0.2) is 10.6 Å². The maximum Gasteiger partial charge on any atom is 0.0477 e. The number of aromatic nitrogens is 1. The van der Waals surface area contributed by atoms with Gasteiger partial charge in [0.2, 0.25) is 0 Å². The van der Waals surface area contributed by atoms with Crippen LogP contribution in [0, 0.1) is 0 Å². The van der Waals surface area contributed by atoms with E-state index in [0.29, 0.717) is 12.0 Å². The molecule has 2 heteroatoms. The van der Waals surface area contributed by atoms with E-state index >= 15 is 0 Å². The molecule has 1 fully saturated rings. The Labute approximate surface area is 89.7 Å². The quantitative estimate of drug-likeness (QED) is 0.752. The molecule has 0 spiro atoms. The summed E-state index contributed by atoms with van der Waals surface area (Å²) in [5, 5.41) is 1.34. The van der Waals surface area contributed by atoms with Crippen molar-refractivity contribution < 1.29 is 0 Å².